The molecule has 0 aromatic heterocycles. The zero-order valence-corrected chi connectivity index (χ0v) is 32.9. The molecular formula is C38H51Cl2N3P2Ru+4. The summed E-state index contributed by atoms with van der Waals surface area (Å²) in [6.07, 6.45) is 10.4. The number of anilines is 2. The van der Waals surface area contributed by atoms with Crippen molar-refractivity contribution in [1.29, 1.82) is 0 Å². The summed E-state index contributed by atoms with van der Waals surface area (Å²) in [6.45, 7) is 9.76. The summed E-state index contributed by atoms with van der Waals surface area (Å²) in [4.78, 5) is 0. The van der Waals surface area contributed by atoms with Gasteiger partial charge in [0.15, 0.2) is 0 Å². The molecule has 2 aliphatic rings. The molecule has 0 bridgehead atoms. The molecule has 0 radical (unpaired) electrons. The molecule has 2 aliphatic carbocycles. The number of nitrogens with two attached hydrogens (primary N) is 2. The molecule has 2 unspecified atom stereocenters. The Labute approximate surface area is 295 Å². The summed E-state index contributed by atoms with van der Waals surface area (Å²) in [7, 11) is 8.71. The second-order valence-electron chi connectivity index (χ2n) is 12.7. The van der Waals surface area contributed by atoms with Crippen molar-refractivity contribution < 1.29 is 15.1 Å². The van der Waals surface area contributed by atoms with E-state index in [9.17, 15) is 0 Å². The quantitative estimate of drug-likeness (QED) is 0.130. The van der Waals surface area contributed by atoms with Crippen LogP contribution in [-0.4, -0.2) is 26.7 Å². The van der Waals surface area contributed by atoms with E-state index in [2.05, 4.69) is 56.2 Å². The molecule has 0 amide bonds. The monoisotopic (exact) mass is 783 g/mol. The summed E-state index contributed by atoms with van der Waals surface area (Å²) < 4.78 is 0. The molecule has 0 aliphatic heterocycles. The molecule has 0 saturated heterocycles. The first kappa shape index (κ1) is 37.5. The fourth-order valence-electron chi connectivity index (χ4n) is 6.67. The first-order valence-corrected chi connectivity index (χ1v) is 25.9. The fourth-order valence-corrected chi connectivity index (χ4v) is 8.93. The molecule has 5 N–H and O–H groups in total. The molecule has 0 heterocycles. The van der Waals surface area contributed by atoms with Crippen molar-refractivity contribution in [2.75, 3.05) is 32.0 Å². The van der Waals surface area contributed by atoms with E-state index in [1.54, 1.807) is 32.9 Å². The zero-order chi connectivity index (χ0) is 33.1. The van der Waals surface area contributed by atoms with Crippen LogP contribution in [0, 0.1) is 0 Å². The third kappa shape index (κ3) is 9.86. The maximum atomic E-state index is 6.15. The van der Waals surface area contributed by atoms with Gasteiger partial charge in [-0.2, -0.15) is 0 Å². The van der Waals surface area contributed by atoms with Gasteiger partial charge in [0.05, 0.1) is 38.0 Å². The Bertz CT molecular complexity index is 1410. The van der Waals surface area contributed by atoms with Crippen LogP contribution in [0.4, 0.5) is 11.4 Å². The van der Waals surface area contributed by atoms with Crippen LogP contribution in [0.1, 0.15) is 71.1 Å². The van der Waals surface area contributed by atoms with Crippen LogP contribution in [0.15, 0.2) is 84.9 Å². The number of fused-ring (bicyclic) bond motifs is 2. The van der Waals surface area contributed by atoms with E-state index in [0.29, 0.717) is 0 Å². The Morgan fingerprint density at radius 2 is 0.913 bits per heavy atom. The normalized spacial score (nSPS) is 15.0. The van der Waals surface area contributed by atoms with Gasteiger partial charge in [0.25, 0.3) is 0 Å². The van der Waals surface area contributed by atoms with Crippen LogP contribution in [0.5, 0.6) is 0 Å². The molecule has 0 fully saturated rings. The van der Waals surface area contributed by atoms with E-state index in [1.807, 2.05) is 60.7 Å². The summed E-state index contributed by atoms with van der Waals surface area (Å²) in [5, 5.41) is 7.31. The molecule has 0 saturated carbocycles. The van der Waals surface area contributed by atoms with E-state index in [1.165, 1.54) is 62.7 Å². The van der Waals surface area contributed by atoms with E-state index < -0.39 is 15.8 Å². The standard InChI is InChI=1S/C24H33NP2.C14H16N2.2ClH.Ru/c1-26(2)21-15-13-17-9-5-7-11-19(17)23(21)25-24-20-12-8-6-10-18(20)14-16-22(24)27(3)4;15-13(11-7-3-1-4-8-11)14(16)12-9-5-2-6-10-12;;;/h13-16,25H,5-12H2,1-4H3;1-10,13-14H,15-16H2;2*1H;/q;;;;+4. The van der Waals surface area contributed by atoms with Crippen molar-refractivity contribution in [3.63, 3.8) is 0 Å². The summed E-state index contributed by atoms with van der Waals surface area (Å²) in [5.74, 6) is 0. The predicted molar refractivity (Wildman–Crippen MR) is 207 cm³/mol. The first-order chi connectivity index (χ1) is 22.3. The average Bonchev–Trinajstić information content (AvgIpc) is 3.09. The van der Waals surface area contributed by atoms with Gasteiger partial charge in [-0.15, -0.1) is 0 Å². The third-order valence-electron chi connectivity index (χ3n) is 9.15. The average molecular weight is 784 g/mol. The molecule has 8 heteroatoms. The summed E-state index contributed by atoms with van der Waals surface area (Å²) >= 11 is -0.346. The van der Waals surface area contributed by atoms with Gasteiger partial charge in [0.1, 0.15) is 10.6 Å². The Morgan fingerprint density at radius 1 is 0.565 bits per heavy atom. The molecule has 3 nitrogen and oxygen atoms in total. The van der Waals surface area contributed by atoms with Crippen molar-refractivity contribution in [1.82, 2.24) is 0 Å². The van der Waals surface area contributed by atoms with Gasteiger partial charge in [-0.05, 0) is 96.9 Å². The summed E-state index contributed by atoms with van der Waals surface area (Å²) in [6, 6.07) is 29.3. The third-order valence-corrected chi connectivity index (χ3v) is 12.1. The van der Waals surface area contributed by atoms with E-state index in [0.717, 1.165) is 11.1 Å². The fraction of sp³-hybridized carbons (Fsp3) is 0.368. The van der Waals surface area contributed by atoms with Gasteiger partial charge in [-0.1, -0.05) is 72.8 Å². The number of nitrogens with one attached hydrogen (secondary N) is 1. The minimum absolute atomic E-state index is 0.163. The van der Waals surface area contributed by atoms with Crippen LogP contribution >= 0.6 is 35.2 Å². The van der Waals surface area contributed by atoms with Gasteiger partial charge in [-0.3, -0.25) is 0 Å². The van der Waals surface area contributed by atoms with E-state index in [-0.39, 0.29) is 27.2 Å². The van der Waals surface area contributed by atoms with Crippen molar-refractivity contribution >= 4 is 57.2 Å². The molecule has 4 aromatic rings. The molecule has 2 atom stereocenters. The first-order valence-electron chi connectivity index (χ1n) is 16.4. The van der Waals surface area contributed by atoms with Crippen molar-refractivity contribution in [3.8, 4) is 0 Å². The van der Waals surface area contributed by atoms with Crippen LogP contribution in [-0.2, 0) is 40.8 Å². The molecule has 246 valence electrons. The van der Waals surface area contributed by atoms with E-state index >= 15 is 0 Å². The van der Waals surface area contributed by atoms with E-state index in [4.69, 9.17) is 30.8 Å². The topological polar surface area (TPSA) is 64.1 Å². The number of halogens is 2. The molecule has 0 spiro atoms. The predicted octanol–water partition coefficient (Wildman–Crippen LogP) is 9.15. The molecular weight excluding hydrogens is 732 g/mol. The number of rotatable bonds is 7. The Morgan fingerprint density at radius 3 is 1.26 bits per heavy atom. The van der Waals surface area contributed by atoms with Gasteiger partial charge in [-0.25, -0.2) is 0 Å². The Hall–Kier alpha value is -1.34. The van der Waals surface area contributed by atoms with Crippen molar-refractivity contribution in [2.24, 2.45) is 11.5 Å². The van der Waals surface area contributed by atoms with Gasteiger partial charge >= 0.3 is 34.5 Å². The van der Waals surface area contributed by atoms with Gasteiger partial charge in [0.2, 0.25) is 0 Å². The summed E-state index contributed by atoms with van der Waals surface area (Å²) in [5.41, 5.74) is 23.9. The zero-order valence-electron chi connectivity index (χ0n) is 27.7. The minimum atomic E-state index is -0.501. The molecule has 6 rings (SSSR count). The van der Waals surface area contributed by atoms with Crippen molar-refractivity contribution in [3.05, 3.63) is 118 Å². The second kappa shape index (κ2) is 19.0. The van der Waals surface area contributed by atoms with Crippen LogP contribution in [0.3, 0.4) is 0 Å². The second-order valence-corrected chi connectivity index (χ2v) is 20.4. The van der Waals surface area contributed by atoms with Gasteiger partial charge in [0, 0.05) is 27.9 Å². The van der Waals surface area contributed by atoms with Crippen LogP contribution in [0.25, 0.3) is 0 Å². The van der Waals surface area contributed by atoms with Crippen LogP contribution in [0.2, 0.25) is 0 Å². The number of benzene rings is 4. The molecule has 4 aromatic carbocycles. The number of hydrogen-bond donors (Lipinski definition) is 3. The Balaban J connectivity index is 0.000000215. The SMILES string of the molecule is C[PH+](C)c1ccc2c(c1Nc1c([PH+](C)C)ccc3c1CCCC3)CCCC2.NC(c1ccccc1)C(N)c1ccccc1.[Cl][Ru+2][Cl]. The van der Waals surface area contributed by atoms with Gasteiger partial charge < -0.3 is 16.8 Å². The Kier molecular flexibility index (Phi) is 15.5. The van der Waals surface area contributed by atoms with Crippen molar-refractivity contribution in [2.45, 2.75) is 63.5 Å². The number of hydrogen-bond acceptors (Lipinski definition) is 3. The maximum absolute atomic E-state index is 6.15. The van der Waals surface area contributed by atoms with Crippen LogP contribution < -0.4 is 27.4 Å². The number of aryl methyl sites for hydroxylation is 2. The molecule has 46 heavy (non-hydrogen) atoms.